The van der Waals surface area contributed by atoms with Crippen molar-refractivity contribution in [3.63, 3.8) is 0 Å². The van der Waals surface area contributed by atoms with Gasteiger partial charge in [0.2, 0.25) is 0 Å². The molecule has 1 amide bonds. The molecule has 0 atom stereocenters. The molecule has 0 heterocycles. The van der Waals surface area contributed by atoms with E-state index in [2.05, 4.69) is 4.90 Å². The minimum Gasteiger partial charge on any atom is -0.365 e. The van der Waals surface area contributed by atoms with Crippen LogP contribution in [0.4, 0.5) is 17.1 Å². The fourth-order valence-corrected chi connectivity index (χ4v) is 2.65. The molecular formula is C22H17N3O. The molecule has 3 aromatic carbocycles. The summed E-state index contributed by atoms with van der Waals surface area (Å²) in [7, 11) is 0. The van der Waals surface area contributed by atoms with Crippen molar-refractivity contribution in [3.8, 4) is 6.07 Å². The molecule has 0 unspecified atom stereocenters. The lowest BCUT2D eigenvalue weighted by Crippen LogP contribution is -2.12. The second-order valence-corrected chi connectivity index (χ2v) is 5.63. The van der Waals surface area contributed by atoms with Gasteiger partial charge in [-0.05, 0) is 48.0 Å². The first-order valence-corrected chi connectivity index (χ1v) is 8.11. The number of hydrogen-bond donors (Lipinski definition) is 1. The van der Waals surface area contributed by atoms with E-state index in [1.807, 2.05) is 91.0 Å². The molecule has 126 valence electrons. The number of rotatable bonds is 5. The molecule has 4 heteroatoms. The molecule has 26 heavy (non-hydrogen) atoms. The Labute approximate surface area is 152 Å². The Hall–Kier alpha value is -3.84. The van der Waals surface area contributed by atoms with Crippen LogP contribution in [0, 0.1) is 11.3 Å². The van der Waals surface area contributed by atoms with E-state index >= 15 is 0 Å². The maximum Gasteiger partial charge on any atom is 0.259 e. The van der Waals surface area contributed by atoms with Crippen LogP contribution in [-0.2, 0) is 4.79 Å². The second kappa shape index (κ2) is 7.82. The maximum atomic E-state index is 11.2. The highest BCUT2D eigenvalue weighted by atomic mass is 16.1. The Balaban J connectivity index is 2.01. The first-order chi connectivity index (χ1) is 12.7. The average Bonchev–Trinajstić information content (AvgIpc) is 2.69. The molecule has 4 nitrogen and oxygen atoms in total. The monoisotopic (exact) mass is 339 g/mol. The fraction of sp³-hybridized carbons (Fsp3) is 0. The van der Waals surface area contributed by atoms with Crippen molar-refractivity contribution in [2.45, 2.75) is 0 Å². The lowest BCUT2D eigenvalue weighted by atomic mass is 10.1. The van der Waals surface area contributed by atoms with E-state index in [0.717, 1.165) is 22.6 Å². The van der Waals surface area contributed by atoms with Crippen LogP contribution in [0.5, 0.6) is 0 Å². The number of nitrogens with zero attached hydrogens (tertiary/aromatic N) is 2. The molecule has 2 N–H and O–H groups in total. The summed E-state index contributed by atoms with van der Waals surface area (Å²) < 4.78 is 0. The molecule has 3 aromatic rings. The van der Waals surface area contributed by atoms with Crippen LogP contribution >= 0.6 is 0 Å². The van der Waals surface area contributed by atoms with Crippen LogP contribution in [0.15, 0.2) is 90.5 Å². The Bertz CT molecular complexity index is 916. The fourth-order valence-electron chi connectivity index (χ4n) is 2.65. The van der Waals surface area contributed by atoms with Gasteiger partial charge in [-0.1, -0.05) is 48.5 Å². The third-order valence-corrected chi connectivity index (χ3v) is 3.88. The van der Waals surface area contributed by atoms with Crippen LogP contribution in [0.1, 0.15) is 5.56 Å². The number of primary amides is 1. The zero-order valence-corrected chi connectivity index (χ0v) is 14.0. The third-order valence-electron chi connectivity index (χ3n) is 3.88. The molecule has 0 aliphatic carbocycles. The van der Waals surface area contributed by atoms with E-state index in [4.69, 9.17) is 11.0 Å². The summed E-state index contributed by atoms with van der Waals surface area (Å²) in [5, 5.41) is 8.97. The summed E-state index contributed by atoms with van der Waals surface area (Å²) >= 11 is 0. The molecule has 0 bridgehead atoms. The van der Waals surface area contributed by atoms with Gasteiger partial charge in [0.15, 0.2) is 0 Å². The molecule has 0 radical (unpaired) electrons. The van der Waals surface area contributed by atoms with Gasteiger partial charge >= 0.3 is 0 Å². The molecule has 0 aromatic heterocycles. The van der Waals surface area contributed by atoms with Crippen LogP contribution in [0.25, 0.3) is 6.08 Å². The molecule has 3 rings (SSSR count). The van der Waals surface area contributed by atoms with Crippen molar-refractivity contribution in [3.05, 3.63) is 96.1 Å². The van der Waals surface area contributed by atoms with Crippen molar-refractivity contribution in [2.75, 3.05) is 4.90 Å². The number of para-hydroxylation sites is 2. The van der Waals surface area contributed by atoms with Crippen molar-refractivity contribution < 1.29 is 4.79 Å². The van der Waals surface area contributed by atoms with Gasteiger partial charge in [0.25, 0.3) is 5.91 Å². The Kier molecular flexibility index (Phi) is 5.11. The van der Waals surface area contributed by atoms with Crippen molar-refractivity contribution >= 4 is 29.0 Å². The highest BCUT2D eigenvalue weighted by Gasteiger charge is 2.11. The summed E-state index contributed by atoms with van der Waals surface area (Å²) in [6.45, 7) is 0. The zero-order chi connectivity index (χ0) is 18.4. The number of anilines is 3. The molecular weight excluding hydrogens is 322 g/mol. The summed E-state index contributed by atoms with van der Waals surface area (Å²) in [5.74, 6) is -0.730. The second-order valence-electron chi connectivity index (χ2n) is 5.63. The number of benzene rings is 3. The molecule has 0 saturated heterocycles. The van der Waals surface area contributed by atoms with Gasteiger partial charge in [-0.15, -0.1) is 0 Å². The van der Waals surface area contributed by atoms with Gasteiger partial charge in [0.05, 0.1) is 0 Å². The van der Waals surface area contributed by atoms with Crippen molar-refractivity contribution in [1.29, 1.82) is 5.26 Å². The summed E-state index contributed by atoms with van der Waals surface area (Å²) in [6.07, 6.45) is 1.49. The van der Waals surface area contributed by atoms with Gasteiger partial charge in [-0.2, -0.15) is 5.26 Å². The van der Waals surface area contributed by atoms with Crippen molar-refractivity contribution in [2.24, 2.45) is 5.73 Å². The maximum absolute atomic E-state index is 11.2. The SMILES string of the molecule is N#CC(=Cc1ccc(N(c2ccccc2)c2ccccc2)cc1)C(N)=O. The summed E-state index contributed by atoms with van der Waals surface area (Å²) in [5.41, 5.74) is 8.91. The van der Waals surface area contributed by atoms with E-state index in [9.17, 15) is 4.79 Å². The minimum absolute atomic E-state index is 0.0688. The van der Waals surface area contributed by atoms with Crippen LogP contribution < -0.4 is 10.6 Å². The van der Waals surface area contributed by atoms with E-state index in [0.29, 0.717) is 0 Å². The normalized spacial score (nSPS) is 10.8. The van der Waals surface area contributed by atoms with E-state index in [-0.39, 0.29) is 5.57 Å². The number of nitrogens with two attached hydrogens (primary N) is 1. The number of carbonyl (C=O) groups is 1. The highest BCUT2D eigenvalue weighted by Crippen LogP contribution is 2.34. The number of amides is 1. The number of carbonyl (C=O) groups excluding carboxylic acids is 1. The minimum atomic E-state index is -0.730. The van der Waals surface area contributed by atoms with Gasteiger partial charge in [0, 0.05) is 17.1 Å². The quantitative estimate of drug-likeness (QED) is 0.547. The molecule has 0 saturated carbocycles. The smallest absolute Gasteiger partial charge is 0.259 e. The third kappa shape index (κ3) is 3.80. The lowest BCUT2D eigenvalue weighted by molar-refractivity contribution is -0.114. The van der Waals surface area contributed by atoms with Gasteiger partial charge in [-0.3, -0.25) is 4.79 Å². The summed E-state index contributed by atoms with van der Waals surface area (Å²) in [6, 6.07) is 29.5. The number of nitriles is 1. The first-order valence-electron chi connectivity index (χ1n) is 8.11. The molecule has 0 spiro atoms. The standard InChI is InChI=1S/C22H17N3O/c23-16-18(22(24)26)15-17-11-13-21(14-12-17)25(19-7-3-1-4-8-19)20-9-5-2-6-10-20/h1-15H,(H2,24,26). The predicted molar refractivity (Wildman–Crippen MR) is 104 cm³/mol. The van der Waals surface area contributed by atoms with Crippen molar-refractivity contribution in [1.82, 2.24) is 0 Å². The van der Waals surface area contributed by atoms with Crippen LogP contribution in [0.2, 0.25) is 0 Å². The molecule has 0 fully saturated rings. The highest BCUT2D eigenvalue weighted by molar-refractivity contribution is 6.00. The number of hydrogen-bond acceptors (Lipinski definition) is 3. The largest absolute Gasteiger partial charge is 0.365 e. The zero-order valence-electron chi connectivity index (χ0n) is 14.0. The lowest BCUT2D eigenvalue weighted by Gasteiger charge is -2.25. The van der Waals surface area contributed by atoms with Crippen LogP contribution in [0.3, 0.4) is 0 Å². The van der Waals surface area contributed by atoms with E-state index in [1.54, 1.807) is 0 Å². The Morgan fingerprint density at radius 2 is 1.27 bits per heavy atom. The average molecular weight is 339 g/mol. The summed E-state index contributed by atoms with van der Waals surface area (Å²) in [4.78, 5) is 13.3. The first kappa shape index (κ1) is 17.0. The topological polar surface area (TPSA) is 70.1 Å². The predicted octanol–water partition coefficient (Wildman–Crippen LogP) is 4.55. The van der Waals surface area contributed by atoms with Gasteiger partial charge in [-0.25, -0.2) is 0 Å². The Morgan fingerprint density at radius 3 is 1.69 bits per heavy atom. The van der Waals surface area contributed by atoms with E-state index in [1.165, 1.54) is 6.08 Å². The van der Waals surface area contributed by atoms with Gasteiger partial charge < -0.3 is 10.6 Å². The molecule has 0 aliphatic rings. The van der Waals surface area contributed by atoms with Crippen LogP contribution in [-0.4, -0.2) is 5.91 Å². The Morgan fingerprint density at radius 1 is 0.808 bits per heavy atom. The molecule has 0 aliphatic heterocycles. The van der Waals surface area contributed by atoms with Gasteiger partial charge in [0.1, 0.15) is 11.6 Å². The van der Waals surface area contributed by atoms with E-state index < -0.39 is 5.91 Å².